The Hall–Kier alpha value is -1.94. The van der Waals surface area contributed by atoms with Gasteiger partial charge in [-0.2, -0.15) is 0 Å². The predicted octanol–water partition coefficient (Wildman–Crippen LogP) is 3.61. The van der Waals surface area contributed by atoms with E-state index in [1.54, 1.807) is 23.9 Å². The van der Waals surface area contributed by atoms with Crippen LogP contribution in [-0.2, 0) is 0 Å². The summed E-state index contributed by atoms with van der Waals surface area (Å²) in [4.78, 5) is 12.9. The molecule has 0 atom stereocenters. The maximum atomic E-state index is 11.6. The summed E-state index contributed by atoms with van der Waals surface area (Å²) in [6.07, 6.45) is 0. The van der Waals surface area contributed by atoms with E-state index in [-0.39, 0.29) is 5.91 Å². The molecule has 1 amide bonds. The van der Waals surface area contributed by atoms with E-state index in [0.29, 0.717) is 18.7 Å². The molecule has 0 heterocycles. The van der Waals surface area contributed by atoms with E-state index in [2.05, 4.69) is 17.4 Å². The lowest BCUT2D eigenvalue weighted by atomic mass is 10.2. The zero-order valence-electron chi connectivity index (χ0n) is 12.0. The zero-order chi connectivity index (χ0) is 14.9. The molecule has 0 aliphatic carbocycles. The van der Waals surface area contributed by atoms with Crippen molar-refractivity contribution in [1.29, 1.82) is 0 Å². The second-order valence-corrected chi connectivity index (χ2v) is 5.56. The van der Waals surface area contributed by atoms with Crippen molar-refractivity contribution < 1.29 is 9.53 Å². The van der Waals surface area contributed by atoms with Crippen molar-refractivity contribution in [2.45, 2.75) is 11.8 Å². The molecule has 2 aromatic rings. The maximum Gasteiger partial charge on any atom is 0.251 e. The number of carbonyl (C=O) groups excluding carboxylic acids is 1. The third kappa shape index (κ3) is 5.16. The number of amides is 1. The van der Waals surface area contributed by atoms with Crippen LogP contribution in [0.15, 0.2) is 59.5 Å². The molecular formula is C17H19NO2S. The highest BCUT2D eigenvalue weighted by molar-refractivity contribution is 7.99. The van der Waals surface area contributed by atoms with Gasteiger partial charge in [0.15, 0.2) is 0 Å². The summed E-state index contributed by atoms with van der Waals surface area (Å²) in [5.41, 5.74) is 0.655. The first kappa shape index (κ1) is 15.4. The predicted molar refractivity (Wildman–Crippen MR) is 87.1 cm³/mol. The lowest BCUT2D eigenvalue weighted by molar-refractivity contribution is 0.0956. The number of thioether (sulfide) groups is 1. The minimum atomic E-state index is -0.0521. The minimum Gasteiger partial charge on any atom is -0.493 e. The number of ether oxygens (including phenoxy) is 1. The summed E-state index contributed by atoms with van der Waals surface area (Å²) in [6.45, 7) is 3.17. The third-order valence-electron chi connectivity index (χ3n) is 2.82. The fraction of sp³-hybridized carbons (Fsp3) is 0.235. The van der Waals surface area contributed by atoms with E-state index in [4.69, 9.17) is 4.74 Å². The monoisotopic (exact) mass is 301 g/mol. The molecule has 2 aromatic carbocycles. The van der Waals surface area contributed by atoms with E-state index < -0.39 is 0 Å². The van der Waals surface area contributed by atoms with E-state index >= 15 is 0 Å². The van der Waals surface area contributed by atoms with Crippen LogP contribution in [0.2, 0.25) is 0 Å². The molecule has 0 unspecified atom stereocenters. The second kappa shape index (κ2) is 8.37. The molecule has 0 bridgehead atoms. The van der Waals surface area contributed by atoms with Crippen LogP contribution < -0.4 is 10.1 Å². The second-order valence-electron chi connectivity index (χ2n) is 4.39. The van der Waals surface area contributed by atoms with Gasteiger partial charge in [-0.3, -0.25) is 4.79 Å². The molecule has 0 spiro atoms. The molecule has 0 saturated heterocycles. The Labute approximate surface area is 129 Å². The van der Waals surface area contributed by atoms with Crippen LogP contribution in [0, 0.1) is 0 Å². The lowest BCUT2D eigenvalue weighted by Gasteiger charge is -2.07. The highest BCUT2D eigenvalue weighted by atomic mass is 32.2. The first-order valence-electron chi connectivity index (χ1n) is 6.98. The van der Waals surface area contributed by atoms with Gasteiger partial charge in [0, 0.05) is 22.8 Å². The fourth-order valence-electron chi connectivity index (χ4n) is 1.80. The van der Waals surface area contributed by atoms with Gasteiger partial charge < -0.3 is 10.1 Å². The molecule has 0 aromatic heterocycles. The van der Waals surface area contributed by atoms with Gasteiger partial charge in [0.2, 0.25) is 0 Å². The highest BCUT2D eigenvalue weighted by Gasteiger charge is 2.03. The Morgan fingerprint density at radius 1 is 1.10 bits per heavy atom. The topological polar surface area (TPSA) is 38.3 Å². The average Bonchev–Trinajstić information content (AvgIpc) is 2.53. The van der Waals surface area contributed by atoms with Gasteiger partial charge in [0.05, 0.1) is 6.61 Å². The molecule has 1 N–H and O–H groups in total. The average molecular weight is 301 g/mol. The van der Waals surface area contributed by atoms with Crippen LogP contribution in [0.5, 0.6) is 5.75 Å². The molecule has 0 fully saturated rings. The molecule has 0 radical (unpaired) electrons. The van der Waals surface area contributed by atoms with Crippen LogP contribution in [0.4, 0.5) is 0 Å². The summed E-state index contributed by atoms with van der Waals surface area (Å²) in [6, 6.07) is 17.5. The van der Waals surface area contributed by atoms with Crippen molar-refractivity contribution in [1.82, 2.24) is 5.32 Å². The molecule has 3 nitrogen and oxygen atoms in total. The Morgan fingerprint density at radius 3 is 2.48 bits per heavy atom. The van der Waals surface area contributed by atoms with Gasteiger partial charge in [-0.05, 0) is 43.3 Å². The smallest absolute Gasteiger partial charge is 0.251 e. The van der Waals surface area contributed by atoms with E-state index in [1.165, 1.54) is 4.90 Å². The Bertz CT molecular complexity index is 555. The summed E-state index contributed by atoms with van der Waals surface area (Å²) in [5, 5.41) is 2.77. The minimum absolute atomic E-state index is 0.0521. The van der Waals surface area contributed by atoms with Crippen molar-refractivity contribution in [2.24, 2.45) is 0 Å². The van der Waals surface area contributed by atoms with Gasteiger partial charge in [-0.1, -0.05) is 18.2 Å². The van der Waals surface area contributed by atoms with Gasteiger partial charge in [-0.25, -0.2) is 0 Å². The standard InChI is InChI=1S/C17H19NO2S/c1-2-18-17(19)14-8-10-15(11-9-14)20-12-13-21-16-6-4-3-5-7-16/h3-11H,2,12-13H2,1H3,(H,18,19). The molecule has 21 heavy (non-hydrogen) atoms. The highest BCUT2D eigenvalue weighted by Crippen LogP contribution is 2.17. The largest absolute Gasteiger partial charge is 0.493 e. The molecule has 0 aliphatic heterocycles. The third-order valence-corrected chi connectivity index (χ3v) is 3.79. The SMILES string of the molecule is CCNC(=O)c1ccc(OCCSc2ccccc2)cc1. The van der Waals surface area contributed by atoms with Crippen molar-refractivity contribution in [3.05, 3.63) is 60.2 Å². The fourth-order valence-corrected chi connectivity index (χ4v) is 2.55. The first-order valence-corrected chi connectivity index (χ1v) is 7.97. The van der Waals surface area contributed by atoms with Gasteiger partial charge in [-0.15, -0.1) is 11.8 Å². The number of benzene rings is 2. The van der Waals surface area contributed by atoms with E-state index in [0.717, 1.165) is 11.5 Å². The lowest BCUT2D eigenvalue weighted by Crippen LogP contribution is -2.22. The van der Waals surface area contributed by atoms with E-state index in [9.17, 15) is 4.79 Å². The molecule has 4 heteroatoms. The Balaban J connectivity index is 1.75. The number of nitrogens with one attached hydrogen (secondary N) is 1. The molecule has 0 aliphatic rings. The van der Waals surface area contributed by atoms with Crippen LogP contribution in [-0.4, -0.2) is 24.8 Å². The number of rotatable bonds is 7. The van der Waals surface area contributed by atoms with Crippen molar-refractivity contribution in [2.75, 3.05) is 18.9 Å². The quantitative estimate of drug-likeness (QED) is 0.627. The summed E-state index contributed by atoms with van der Waals surface area (Å²) in [5.74, 6) is 1.63. The number of hydrogen-bond donors (Lipinski definition) is 1. The number of carbonyl (C=O) groups is 1. The van der Waals surface area contributed by atoms with Gasteiger partial charge in [0.1, 0.15) is 5.75 Å². The van der Waals surface area contributed by atoms with Gasteiger partial charge in [0.25, 0.3) is 5.91 Å². The summed E-state index contributed by atoms with van der Waals surface area (Å²) < 4.78 is 5.67. The normalized spacial score (nSPS) is 10.1. The van der Waals surface area contributed by atoms with Crippen LogP contribution in [0.25, 0.3) is 0 Å². The van der Waals surface area contributed by atoms with Crippen molar-refractivity contribution in [3.63, 3.8) is 0 Å². The first-order chi connectivity index (χ1) is 10.3. The summed E-state index contributed by atoms with van der Waals surface area (Å²) >= 11 is 1.77. The summed E-state index contributed by atoms with van der Waals surface area (Å²) in [7, 11) is 0. The molecule has 2 rings (SSSR count). The number of hydrogen-bond acceptors (Lipinski definition) is 3. The van der Waals surface area contributed by atoms with Crippen molar-refractivity contribution in [3.8, 4) is 5.75 Å². The van der Waals surface area contributed by atoms with Crippen LogP contribution in [0.3, 0.4) is 0 Å². The van der Waals surface area contributed by atoms with Crippen molar-refractivity contribution >= 4 is 17.7 Å². The van der Waals surface area contributed by atoms with Gasteiger partial charge >= 0.3 is 0 Å². The molecule has 0 saturated carbocycles. The molecular weight excluding hydrogens is 282 g/mol. The Morgan fingerprint density at radius 2 is 1.81 bits per heavy atom. The zero-order valence-corrected chi connectivity index (χ0v) is 12.9. The van der Waals surface area contributed by atoms with E-state index in [1.807, 2.05) is 37.3 Å². The van der Waals surface area contributed by atoms with Crippen LogP contribution in [0.1, 0.15) is 17.3 Å². The Kier molecular flexibility index (Phi) is 6.16. The molecule has 110 valence electrons. The maximum absolute atomic E-state index is 11.6. The van der Waals surface area contributed by atoms with Crippen LogP contribution >= 0.6 is 11.8 Å².